The lowest BCUT2D eigenvalue weighted by Crippen LogP contribution is -2.39. The summed E-state index contributed by atoms with van der Waals surface area (Å²) in [5.41, 5.74) is -0.777. The number of nitrogens with zero attached hydrogens (tertiary/aromatic N) is 1. The van der Waals surface area contributed by atoms with Gasteiger partial charge in [0.25, 0.3) is 0 Å². The van der Waals surface area contributed by atoms with Crippen LogP contribution in [0.15, 0.2) is 22.7 Å². The zero-order valence-electron chi connectivity index (χ0n) is 9.50. The van der Waals surface area contributed by atoms with Gasteiger partial charge in [-0.05, 0) is 32.0 Å². The molecule has 0 aliphatic heterocycles. The van der Waals surface area contributed by atoms with Crippen LogP contribution in [0.5, 0.6) is 0 Å². The Labute approximate surface area is 108 Å². The Balaban J connectivity index is 2.96. The number of hydrogen-bond donors (Lipinski definition) is 2. The third-order valence-electron chi connectivity index (χ3n) is 2.51. The maximum Gasteiger partial charge on any atom is 0.132 e. The maximum atomic E-state index is 13.8. The molecule has 1 aromatic rings. The van der Waals surface area contributed by atoms with Gasteiger partial charge in [-0.3, -0.25) is 5.32 Å². The molecule has 0 fully saturated rings. The number of aliphatic hydroxyl groups excluding tert-OH is 1. The molecule has 1 rings (SSSR count). The predicted octanol–water partition coefficient (Wildman–Crippen LogP) is 2.30. The molecule has 3 nitrogen and oxygen atoms in total. The highest BCUT2D eigenvalue weighted by molar-refractivity contribution is 9.10. The molecule has 2 N–H and O–H groups in total. The fourth-order valence-corrected chi connectivity index (χ4v) is 1.84. The van der Waals surface area contributed by atoms with E-state index in [-0.39, 0.29) is 6.61 Å². The van der Waals surface area contributed by atoms with Crippen molar-refractivity contribution in [1.29, 1.82) is 5.26 Å². The molecule has 92 valence electrons. The topological polar surface area (TPSA) is 56.0 Å². The van der Waals surface area contributed by atoms with E-state index in [9.17, 15) is 9.65 Å². The van der Waals surface area contributed by atoms with Crippen molar-refractivity contribution in [3.8, 4) is 6.07 Å². The van der Waals surface area contributed by atoms with Gasteiger partial charge in [0.2, 0.25) is 0 Å². The monoisotopic (exact) mass is 300 g/mol. The molecule has 0 radical (unpaired) electrons. The minimum Gasteiger partial charge on any atom is -0.396 e. The van der Waals surface area contributed by atoms with Crippen LogP contribution in [-0.2, 0) is 5.54 Å². The van der Waals surface area contributed by atoms with Crippen molar-refractivity contribution >= 4 is 15.9 Å². The van der Waals surface area contributed by atoms with Crippen LogP contribution < -0.4 is 5.32 Å². The lowest BCUT2D eigenvalue weighted by atomic mass is 9.93. The van der Waals surface area contributed by atoms with Gasteiger partial charge in [-0.2, -0.15) is 5.26 Å². The summed E-state index contributed by atoms with van der Waals surface area (Å²) in [6.45, 7) is 2.12. The average molecular weight is 301 g/mol. The Hall–Kier alpha value is -0.960. The predicted molar refractivity (Wildman–Crippen MR) is 66.8 cm³/mol. The molecule has 1 unspecified atom stereocenters. The Bertz CT molecular complexity index is 433. The highest BCUT2D eigenvalue weighted by Gasteiger charge is 2.28. The average Bonchev–Trinajstić information content (AvgIpc) is 2.29. The number of nitriles is 1. The van der Waals surface area contributed by atoms with Crippen LogP contribution in [0.2, 0.25) is 0 Å². The van der Waals surface area contributed by atoms with E-state index < -0.39 is 11.4 Å². The van der Waals surface area contributed by atoms with E-state index in [0.717, 1.165) is 0 Å². The second-order valence-corrected chi connectivity index (χ2v) is 4.78. The molecule has 1 atom stereocenters. The molecule has 0 saturated heterocycles. The summed E-state index contributed by atoms with van der Waals surface area (Å²) in [5.74, 6) is -0.431. The lowest BCUT2D eigenvalue weighted by molar-refractivity contribution is 0.279. The van der Waals surface area contributed by atoms with Gasteiger partial charge >= 0.3 is 0 Å². The molecule has 17 heavy (non-hydrogen) atoms. The zero-order chi connectivity index (χ0) is 12.9. The Morgan fingerprint density at radius 2 is 2.29 bits per heavy atom. The first-order chi connectivity index (χ1) is 8.03. The van der Waals surface area contributed by atoms with Crippen LogP contribution >= 0.6 is 15.9 Å². The van der Waals surface area contributed by atoms with E-state index in [1.165, 1.54) is 6.07 Å². The van der Waals surface area contributed by atoms with Crippen LogP contribution in [0.3, 0.4) is 0 Å². The van der Waals surface area contributed by atoms with Gasteiger partial charge in [0.1, 0.15) is 11.4 Å². The van der Waals surface area contributed by atoms with Gasteiger partial charge in [-0.1, -0.05) is 22.0 Å². The minimum atomic E-state index is -1.08. The van der Waals surface area contributed by atoms with Crippen LogP contribution in [0.4, 0.5) is 4.39 Å². The summed E-state index contributed by atoms with van der Waals surface area (Å²) in [4.78, 5) is 0. The third kappa shape index (κ3) is 3.50. The molecule has 0 aromatic heterocycles. The maximum absolute atomic E-state index is 13.8. The van der Waals surface area contributed by atoms with Crippen molar-refractivity contribution in [1.82, 2.24) is 5.32 Å². The van der Waals surface area contributed by atoms with Crippen molar-refractivity contribution in [2.45, 2.75) is 18.9 Å². The smallest absolute Gasteiger partial charge is 0.132 e. The minimum absolute atomic E-state index is 0.0390. The second kappa shape index (κ2) is 6.10. The van der Waals surface area contributed by atoms with Crippen LogP contribution in [0.25, 0.3) is 0 Å². The standard InChI is InChI=1S/C12H14BrFN2O/c1-12(8-15,16-5-2-6-17)10-4-3-9(13)7-11(10)14/h3-4,7,16-17H,2,5-6H2,1H3. The molecule has 0 amide bonds. The van der Waals surface area contributed by atoms with Crippen LogP contribution in [0.1, 0.15) is 18.9 Å². The van der Waals surface area contributed by atoms with Crippen LogP contribution in [-0.4, -0.2) is 18.3 Å². The molecule has 0 aliphatic rings. The molecular weight excluding hydrogens is 287 g/mol. The first-order valence-corrected chi connectivity index (χ1v) is 6.05. The van der Waals surface area contributed by atoms with Gasteiger partial charge < -0.3 is 5.11 Å². The van der Waals surface area contributed by atoms with Gasteiger partial charge in [0.15, 0.2) is 0 Å². The fourth-order valence-electron chi connectivity index (χ4n) is 1.51. The summed E-state index contributed by atoms with van der Waals surface area (Å²) in [5, 5.41) is 20.8. The van der Waals surface area contributed by atoms with Crippen molar-refractivity contribution in [2.24, 2.45) is 0 Å². The van der Waals surface area contributed by atoms with Crippen LogP contribution in [0, 0.1) is 17.1 Å². The molecule has 0 aliphatic carbocycles. The number of benzene rings is 1. The highest BCUT2D eigenvalue weighted by Crippen LogP contribution is 2.25. The number of hydrogen-bond acceptors (Lipinski definition) is 3. The lowest BCUT2D eigenvalue weighted by Gasteiger charge is -2.24. The molecule has 0 heterocycles. The molecule has 0 spiro atoms. The molecule has 0 saturated carbocycles. The van der Waals surface area contributed by atoms with Crippen molar-refractivity contribution < 1.29 is 9.50 Å². The Morgan fingerprint density at radius 3 is 2.82 bits per heavy atom. The number of rotatable bonds is 5. The molecule has 5 heteroatoms. The Morgan fingerprint density at radius 1 is 1.59 bits per heavy atom. The normalized spacial score (nSPS) is 14.1. The molecular formula is C12H14BrFN2O. The first-order valence-electron chi connectivity index (χ1n) is 5.26. The van der Waals surface area contributed by atoms with E-state index in [4.69, 9.17) is 5.11 Å². The van der Waals surface area contributed by atoms with E-state index in [1.54, 1.807) is 19.1 Å². The zero-order valence-corrected chi connectivity index (χ0v) is 11.1. The molecule has 1 aromatic carbocycles. The Kier molecular flexibility index (Phi) is 5.06. The van der Waals surface area contributed by atoms with Crippen molar-refractivity contribution in [2.75, 3.05) is 13.2 Å². The number of nitrogens with one attached hydrogen (secondary N) is 1. The summed E-state index contributed by atoms with van der Waals surface area (Å²) in [7, 11) is 0. The van der Waals surface area contributed by atoms with Crippen molar-refractivity contribution in [3.05, 3.63) is 34.1 Å². The van der Waals surface area contributed by atoms with Gasteiger partial charge in [-0.25, -0.2) is 4.39 Å². The quantitative estimate of drug-likeness (QED) is 0.821. The van der Waals surface area contributed by atoms with Gasteiger partial charge in [-0.15, -0.1) is 0 Å². The van der Waals surface area contributed by atoms with Gasteiger partial charge in [0, 0.05) is 16.6 Å². The molecule has 0 bridgehead atoms. The summed E-state index contributed by atoms with van der Waals surface area (Å²) in [6.07, 6.45) is 0.523. The highest BCUT2D eigenvalue weighted by atomic mass is 79.9. The SMILES string of the molecule is CC(C#N)(NCCCO)c1ccc(Br)cc1F. The summed E-state index contributed by atoms with van der Waals surface area (Å²) >= 11 is 3.17. The van der Waals surface area contributed by atoms with Gasteiger partial charge in [0.05, 0.1) is 6.07 Å². The fraction of sp³-hybridized carbons (Fsp3) is 0.417. The van der Waals surface area contributed by atoms with E-state index in [0.29, 0.717) is 23.0 Å². The largest absolute Gasteiger partial charge is 0.396 e. The second-order valence-electron chi connectivity index (χ2n) is 3.86. The number of aliphatic hydroxyl groups is 1. The van der Waals surface area contributed by atoms with Crippen molar-refractivity contribution in [3.63, 3.8) is 0 Å². The van der Waals surface area contributed by atoms with E-state index in [2.05, 4.69) is 27.3 Å². The summed E-state index contributed by atoms with van der Waals surface area (Å²) < 4.78 is 14.4. The van der Waals surface area contributed by atoms with E-state index >= 15 is 0 Å². The first kappa shape index (κ1) is 14.1. The third-order valence-corrected chi connectivity index (χ3v) is 3.00. The van der Waals surface area contributed by atoms with E-state index in [1.807, 2.05) is 0 Å². The number of halogens is 2. The summed E-state index contributed by atoms with van der Waals surface area (Å²) in [6, 6.07) is 6.67.